The van der Waals surface area contributed by atoms with E-state index in [0.29, 0.717) is 10.0 Å². The van der Waals surface area contributed by atoms with Crippen LogP contribution in [0, 0.1) is 5.92 Å². The van der Waals surface area contributed by atoms with Gasteiger partial charge in [-0.25, -0.2) is 0 Å². The quantitative estimate of drug-likeness (QED) is 0.463. The zero-order valence-electron chi connectivity index (χ0n) is 16.2. The van der Waals surface area contributed by atoms with Gasteiger partial charge >= 0.3 is 0 Å². The van der Waals surface area contributed by atoms with Crippen LogP contribution in [-0.4, -0.2) is 24.2 Å². The molecule has 0 atom stereocenters. The van der Waals surface area contributed by atoms with Gasteiger partial charge in [-0.05, 0) is 67.7 Å². The standard InChI is InChI=1S/C22H25Cl2N3.2ClH/c23-19-6-5-17(21(24)11-19)14-27-15-18(20-3-1-2-4-22(20)27)13-26-12-16-7-9-25-10-8-16;;/h1-6,11,15-16,25-26H,7-10,12-14H2;2*1H. The molecule has 0 radical (unpaired) electrons. The molecule has 2 N–H and O–H groups in total. The van der Waals surface area contributed by atoms with E-state index < -0.39 is 0 Å². The van der Waals surface area contributed by atoms with Crippen molar-refractivity contribution in [3.63, 3.8) is 0 Å². The minimum absolute atomic E-state index is 0. The second kappa shape index (κ2) is 11.5. The maximum Gasteiger partial charge on any atom is 0.0491 e. The first-order valence-electron chi connectivity index (χ1n) is 9.63. The zero-order chi connectivity index (χ0) is 18.6. The Bertz CT molecular complexity index is 920. The highest BCUT2D eigenvalue weighted by Crippen LogP contribution is 2.26. The van der Waals surface area contributed by atoms with Crippen molar-refractivity contribution in [2.45, 2.75) is 25.9 Å². The average molecular weight is 475 g/mol. The summed E-state index contributed by atoms with van der Waals surface area (Å²) in [5, 5.41) is 9.80. The molecule has 3 aromatic rings. The number of nitrogens with zero attached hydrogens (tertiary/aromatic N) is 1. The third-order valence-corrected chi connectivity index (χ3v) is 6.02. The van der Waals surface area contributed by atoms with Crippen molar-refractivity contribution in [2.75, 3.05) is 19.6 Å². The lowest BCUT2D eigenvalue weighted by Gasteiger charge is -2.22. The number of nitrogens with one attached hydrogen (secondary N) is 2. The predicted molar refractivity (Wildman–Crippen MR) is 129 cm³/mol. The van der Waals surface area contributed by atoms with Gasteiger partial charge in [-0.1, -0.05) is 47.5 Å². The first kappa shape index (κ1) is 24.3. The molecule has 0 amide bonds. The second-order valence-corrected chi connectivity index (χ2v) is 8.20. The van der Waals surface area contributed by atoms with Gasteiger partial charge in [0.1, 0.15) is 0 Å². The topological polar surface area (TPSA) is 29.0 Å². The molecule has 29 heavy (non-hydrogen) atoms. The summed E-state index contributed by atoms with van der Waals surface area (Å²) in [5.41, 5.74) is 3.66. The fourth-order valence-corrected chi connectivity index (χ4v) is 4.39. The van der Waals surface area contributed by atoms with E-state index in [0.717, 1.165) is 44.2 Å². The molecule has 2 aromatic carbocycles. The number of para-hydroxylation sites is 1. The fourth-order valence-electron chi connectivity index (χ4n) is 3.92. The molecule has 1 fully saturated rings. The molecule has 4 rings (SSSR count). The second-order valence-electron chi connectivity index (χ2n) is 7.36. The molecule has 2 heterocycles. The van der Waals surface area contributed by atoms with Crippen LogP contribution in [0.2, 0.25) is 10.0 Å². The van der Waals surface area contributed by atoms with E-state index in [2.05, 4.69) is 45.7 Å². The maximum atomic E-state index is 6.39. The Labute approximate surface area is 195 Å². The summed E-state index contributed by atoms with van der Waals surface area (Å²) >= 11 is 12.4. The molecule has 0 aliphatic carbocycles. The van der Waals surface area contributed by atoms with Crippen molar-refractivity contribution >= 4 is 58.9 Å². The summed E-state index contributed by atoms with van der Waals surface area (Å²) in [6.45, 7) is 5.02. The highest BCUT2D eigenvalue weighted by Gasteiger charge is 2.14. The number of halogens is 4. The third kappa shape index (κ3) is 6.04. The Morgan fingerprint density at radius 3 is 2.52 bits per heavy atom. The van der Waals surface area contributed by atoms with E-state index >= 15 is 0 Å². The van der Waals surface area contributed by atoms with E-state index in [-0.39, 0.29) is 24.8 Å². The van der Waals surface area contributed by atoms with Crippen molar-refractivity contribution < 1.29 is 0 Å². The fraction of sp³-hybridized carbons (Fsp3) is 0.364. The lowest BCUT2D eigenvalue weighted by atomic mass is 9.98. The average Bonchev–Trinajstić information content (AvgIpc) is 3.03. The van der Waals surface area contributed by atoms with Crippen molar-refractivity contribution in [3.05, 3.63) is 69.8 Å². The minimum atomic E-state index is 0. The van der Waals surface area contributed by atoms with Crippen LogP contribution in [0.1, 0.15) is 24.0 Å². The monoisotopic (exact) mass is 473 g/mol. The molecule has 1 aliphatic heterocycles. The van der Waals surface area contributed by atoms with Crippen LogP contribution < -0.4 is 10.6 Å². The molecule has 158 valence electrons. The van der Waals surface area contributed by atoms with Gasteiger partial charge in [0.15, 0.2) is 0 Å². The van der Waals surface area contributed by atoms with E-state index in [1.807, 2.05) is 18.2 Å². The number of piperidine rings is 1. The van der Waals surface area contributed by atoms with Crippen molar-refractivity contribution in [2.24, 2.45) is 5.92 Å². The number of fused-ring (bicyclic) bond motifs is 1. The summed E-state index contributed by atoms with van der Waals surface area (Å²) in [6.07, 6.45) is 4.79. The SMILES string of the molecule is Cl.Cl.Clc1ccc(Cn2cc(CNCC3CCNCC3)c3ccccc32)c(Cl)c1. The summed E-state index contributed by atoms with van der Waals surface area (Å²) in [7, 11) is 0. The van der Waals surface area contributed by atoms with Crippen molar-refractivity contribution in [1.82, 2.24) is 15.2 Å². The smallest absolute Gasteiger partial charge is 0.0491 e. The van der Waals surface area contributed by atoms with E-state index in [1.54, 1.807) is 0 Å². The van der Waals surface area contributed by atoms with Crippen LogP contribution >= 0.6 is 48.0 Å². The predicted octanol–water partition coefficient (Wildman–Crippen LogP) is 5.93. The molecule has 0 bridgehead atoms. The molecule has 1 aromatic heterocycles. The Hall–Kier alpha value is -0.940. The molecule has 0 spiro atoms. The van der Waals surface area contributed by atoms with Gasteiger partial charge in [0.25, 0.3) is 0 Å². The first-order chi connectivity index (χ1) is 13.2. The molecule has 0 unspecified atom stereocenters. The maximum absolute atomic E-state index is 6.39. The summed E-state index contributed by atoms with van der Waals surface area (Å²) in [5.74, 6) is 0.785. The number of hydrogen-bond acceptors (Lipinski definition) is 2. The molecule has 1 saturated heterocycles. The molecule has 3 nitrogen and oxygen atoms in total. The number of aromatic nitrogens is 1. The van der Waals surface area contributed by atoms with Gasteiger partial charge in [0.2, 0.25) is 0 Å². The zero-order valence-corrected chi connectivity index (χ0v) is 19.3. The summed E-state index contributed by atoms with van der Waals surface area (Å²) in [4.78, 5) is 0. The highest BCUT2D eigenvalue weighted by molar-refractivity contribution is 6.35. The third-order valence-electron chi connectivity index (χ3n) is 5.43. The Morgan fingerprint density at radius 1 is 1.00 bits per heavy atom. The van der Waals surface area contributed by atoms with E-state index in [4.69, 9.17) is 23.2 Å². The minimum Gasteiger partial charge on any atom is -0.343 e. The van der Waals surface area contributed by atoms with Crippen LogP contribution in [0.3, 0.4) is 0 Å². The Kier molecular flexibility index (Phi) is 9.61. The summed E-state index contributed by atoms with van der Waals surface area (Å²) in [6, 6.07) is 14.3. The Morgan fingerprint density at radius 2 is 1.76 bits per heavy atom. The number of benzene rings is 2. The van der Waals surface area contributed by atoms with E-state index in [9.17, 15) is 0 Å². The normalized spacial score (nSPS) is 14.4. The van der Waals surface area contributed by atoms with Crippen LogP contribution in [0.15, 0.2) is 48.7 Å². The van der Waals surface area contributed by atoms with Crippen molar-refractivity contribution in [3.8, 4) is 0 Å². The lowest BCUT2D eigenvalue weighted by Crippen LogP contribution is -2.33. The molecule has 1 aliphatic rings. The van der Waals surface area contributed by atoms with E-state index in [1.165, 1.54) is 29.3 Å². The lowest BCUT2D eigenvalue weighted by molar-refractivity contribution is 0.356. The van der Waals surface area contributed by atoms with Crippen LogP contribution in [-0.2, 0) is 13.1 Å². The van der Waals surface area contributed by atoms with Gasteiger partial charge in [-0.15, -0.1) is 24.8 Å². The van der Waals surface area contributed by atoms with Gasteiger partial charge in [0, 0.05) is 40.2 Å². The van der Waals surface area contributed by atoms with Crippen molar-refractivity contribution in [1.29, 1.82) is 0 Å². The molecular weight excluding hydrogens is 448 g/mol. The first-order valence-corrected chi connectivity index (χ1v) is 10.4. The number of rotatable bonds is 6. The molecule has 7 heteroatoms. The van der Waals surface area contributed by atoms with Gasteiger partial charge < -0.3 is 15.2 Å². The van der Waals surface area contributed by atoms with Gasteiger partial charge in [-0.2, -0.15) is 0 Å². The largest absolute Gasteiger partial charge is 0.343 e. The van der Waals surface area contributed by atoms with Crippen LogP contribution in [0.4, 0.5) is 0 Å². The highest BCUT2D eigenvalue weighted by atomic mass is 35.5. The van der Waals surface area contributed by atoms with Gasteiger partial charge in [-0.3, -0.25) is 0 Å². The summed E-state index contributed by atoms with van der Waals surface area (Å²) < 4.78 is 2.28. The molecule has 0 saturated carbocycles. The van der Waals surface area contributed by atoms with Crippen LogP contribution in [0.5, 0.6) is 0 Å². The Balaban J connectivity index is 0.00000150. The molecular formula is C22H27Cl4N3. The number of hydrogen-bond donors (Lipinski definition) is 2. The van der Waals surface area contributed by atoms with Crippen LogP contribution in [0.25, 0.3) is 10.9 Å². The van der Waals surface area contributed by atoms with Gasteiger partial charge in [0.05, 0.1) is 0 Å².